The van der Waals surface area contributed by atoms with E-state index in [-0.39, 0.29) is 0 Å². The maximum Gasteiger partial charge on any atom is 0.0450 e. The van der Waals surface area contributed by atoms with Gasteiger partial charge in [-0.25, -0.2) is 0 Å². The zero-order chi connectivity index (χ0) is 8.39. The molecule has 1 nitrogen and oxygen atoms in total. The molecule has 0 radical (unpaired) electrons. The lowest BCUT2D eigenvalue weighted by Crippen LogP contribution is -2.20. The molecule has 2 rings (SSSR count). The highest BCUT2D eigenvalue weighted by Gasteiger charge is 1.94. The third-order valence-corrected chi connectivity index (χ3v) is 2.34. The highest BCUT2D eigenvalue weighted by molar-refractivity contribution is 5.45. The molecule has 1 heterocycles. The maximum absolute atomic E-state index is 3.21. The first-order valence-electron chi connectivity index (χ1n) is 4.43. The summed E-state index contributed by atoms with van der Waals surface area (Å²) in [5.41, 5.74) is 1.50. The summed E-state index contributed by atoms with van der Waals surface area (Å²) in [4.78, 5) is 3.21. The highest BCUT2D eigenvalue weighted by Crippen LogP contribution is 2.07. The van der Waals surface area contributed by atoms with Crippen LogP contribution in [0, 0.1) is 0 Å². The fourth-order valence-corrected chi connectivity index (χ4v) is 1.49. The van der Waals surface area contributed by atoms with Crippen molar-refractivity contribution < 1.29 is 0 Å². The molecule has 0 aromatic carbocycles. The third kappa shape index (κ3) is 1.22. The minimum Gasteiger partial charge on any atom is -0.361 e. The Morgan fingerprint density at radius 3 is 3.17 bits per heavy atom. The molecule has 0 spiro atoms. The minimum atomic E-state index is 1.10. The SMILES string of the molecule is CCC1=CC=c2[nH]ccc2=CC1. The molecule has 1 heteroatoms. The Balaban J connectivity index is 2.54. The average Bonchev–Trinajstić information content (AvgIpc) is 2.46. The van der Waals surface area contributed by atoms with E-state index in [2.05, 4.69) is 36.2 Å². The van der Waals surface area contributed by atoms with E-state index in [1.807, 2.05) is 6.20 Å². The topological polar surface area (TPSA) is 15.8 Å². The normalized spacial score (nSPS) is 15.2. The van der Waals surface area contributed by atoms with Gasteiger partial charge in [-0.05, 0) is 30.2 Å². The standard InChI is InChI=1S/C11H13N/c1-2-9-3-5-10-7-8-12-11(10)6-4-9/h4-8,12H,2-3H2,1H3. The van der Waals surface area contributed by atoms with Crippen LogP contribution in [0.15, 0.2) is 23.9 Å². The van der Waals surface area contributed by atoms with Gasteiger partial charge in [0.15, 0.2) is 0 Å². The second kappa shape index (κ2) is 3.02. The number of H-pyrrole nitrogens is 1. The van der Waals surface area contributed by atoms with Gasteiger partial charge in [-0.1, -0.05) is 24.6 Å². The first-order chi connectivity index (χ1) is 5.90. The van der Waals surface area contributed by atoms with Crippen LogP contribution in [0.1, 0.15) is 19.8 Å². The van der Waals surface area contributed by atoms with Gasteiger partial charge >= 0.3 is 0 Å². The number of aromatic amines is 1. The smallest absolute Gasteiger partial charge is 0.0450 e. The van der Waals surface area contributed by atoms with Gasteiger partial charge in [0.25, 0.3) is 0 Å². The van der Waals surface area contributed by atoms with Crippen molar-refractivity contribution in [3.8, 4) is 0 Å². The second-order valence-corrected chi connectivity index (χ2v) is 3.10. The van der Waals surface area contributed by atoms with Crippen LogP contribution in [0.3, 0.4) is 0 Å². The largest absolute Gasteiger partial charge is 0.361 e. The van der Waals surface area contributed by atoms with Crippen molar-refractivity contribution in [3.63, 3.8) is 0 Å². The molecule has 1 N–H and O–H groups in total. The summed E-state index contributed by atoms with van der Waals surface area (Å²) < 4.78 is 0. The lowest BCUT2D eigenvalue weighted by Gasteiger charge is -1.94. The molecule has 1 aromatic rings. The van der Waals surface area contributed by atoms with Crippen molar-refractivity contribution in [2.75, 3.05) is 0 Å². The molecule has 0 aliphatic heterocycles. The average molecular weight is 159 g/mol. The van der Waals surface area contributed by atoms with Gasteiger partial charge in [0.1, 0.15) is 0 Å². The van der Waals surface area contributed by atoms with Crippen LogP contribution in [-0.4, -0.2) is 4.98 Å². The summed E-state index contributed by atoms with van der Waals surface area (Å²) in [6.45, 7) is 2.20. The zero-order valence-electron chi connectivity index (χ0n) is 7.30. The van der Waals surface area contributed by atoms with E-state index in [0.717, 1.165) is 12.8 Å². The number of aromatic nitrogens is 1. The van der Waals surface area contributed by atoms with Crippen LogP contribution in [-0.2, 0) is 0 Å². The first-order valence-corrected chi connectivity index (χ1v) is 4.43. The van der Waals surface area contributed by atoms with Gasteiger partial charge in [-0.2, -0.15) is 0 Å². The summed E-state index contributed by atoms with van der Waals surface area (Å²) in [7, 11) is 0. The molecular formula is C11H13N. The molecule has 0 bridgehead atoms. The first kappa shape index (κ1) is 7.41. The maximum atomic E-state index is 3.21. The molecular weight excluding hydrogens is 146 g/mol. The quantitative estimate of drug-likeness (QED) is 0.636. The van der Waals surface area contributed by atoms with Crippen molar-refractivity contribution >= 4 is 12.2 Å². The number of allylic oxidation sites excluding steroid dienone is 2. The Hall–Kier alpha value is -1.24. The highest BCUT2D eigenvalue weighted by atomic mass is 14.6. The molecule has 1 aliphatic rings. The van der Waals surface area contributed by atoms with E-state index in [4.69, 9.17) is 0 Å². The molecule has 1 aromatic heterocycles. The van der Waals surface area contributed by atoms with Crippen molar-refractivity contribution in [1.82, 2.24) is 4.98 Å². The van der Waals surface area contributed by atoms with E-state index in [0.29, 0.717) is 0 Å². The zero-order valence-corrected chi connectivity index (χ0v) is 7.30. The number of nitrogens with one attached hydrogen (secondary N) is 1. The van der Waals surface area contributed by atoms with E-state index in [9.17, 15) is 0 Å². The van der Waals surface area contributed by atoms with Crippen LogP contribution in [0.25, 0.3) is 12.2 Å². The van der Waals surface area contributed by atoms with Crippen molar-refractivity contribution in [1.29, 1.82) is 0 Å². The van der Waals surface area contributed by atoms with Gasteiger partial charge in [0.05, 0.1) is 0 Å². The van der Waals surface area contributed by atoms with Crippen LogP contribution in [0.4, 0.5) is 0 Å². The minimum absolute atomic E-state index is 1.10. The number of hydrogen-bond acceptors (Lipinski definition) is 0. The van der Waals surface area contributed by atoms with Gasteiger partial charge < -0.3 is 4.98 Å². The predicted molar refractivity (Wildman–Crippen MR) is 52.0 cm³/mol. The lowest BCUT2D eigenvalue weighted by atomic mass is 10.1. The Morgan fingerprint density at radius 2 is 2.33 bits per heavy atom. The summed E-state index contributed by atoms with van der Waals surface area (Å²) in [5.74, 6) is 0. The van der Waals surface area contributed by atoms with Crippen molar-refractivity contribution in [2.45, 2.75) is 19.8 Å². The summed E-state index contributed by atoms with van der Waals surface area (Å²) >= 11 is 0. The Kier molecular flexibility index (Phi) is 1.86. The summed E-state index contributed by atoms with van der Waals surface area (Å²) in [5, 5.41) is 2.56. The Bertz CT molecular complexity index is 406. The molecule has 0 fully saturated rings. The number of rotatable bonds is 1. The lowest BCUT2D eigenvalue weighted by molar-refractivity contribution is 1.06. The van der Waals surface area contributed by atoms with Crippen molar-refractivity contribution in [3.05, 3.63) is 34.5 Å². The van der Waals surface area contributed by atoms with Crippen LogP contribution in [0.5, 0.6) is 0 Å². The third-order valence-electron chi connectivity index (χ3n) is 2.34. The molecule has 0 amide bonds. The van der Waals surface area contributed by atoms with Gasteiger partial charge in [0.2, 0.25) is 0 Å². The molecule has 1 aliphatic carbocycles. The molecule has 0 saturated heterocycles. The van der Waals surface area contributed by atoms with Crippen molar-refractivity contribution in [2.24, 2.45) is 0 Å². The number of hydrogen-bond donors (Lipinski definition) is 1. The summed E-state index contributed by atoms with van der Waals surface area (Å²) in [6, 6.07) is 2.12. The molecule has 12 heavy (non-hydrogen) atoms. The Morgan fingerprint density at radius 1 is 1.42 bits per heavy atom. The molecule has 62 valence electrons. The predicted octanol–water partition coefficient (Wildman–Crippen LogP) is 1.32. The molecule has 0 saturated carbocycles. The van der Waals surface area contributed by atoms with Gasteiger partial charge in [-0.15, -0.1) is 0 Å². The van der Waals surface area contributed by atoms with E-state index in [1.54, 1.807) is 0 Å². The molecule has 0 unspecified atom stereocenters. The van der Waals surface area contributed by atoms with Crippen LogP contribution >= 0.6 is 0 Å². The van der Waals surface area contributed by atoms with Crippen LogP contribution < -0.4 is 10.6 Å². The fourth-order valence-electron chi connectivity index (χ4n) is 1.49. The summed E-state index contributed by atoms with van der Waals surface area (Å²) in [6.07, 6.45) is 10.9. The van der Waals surface area contributed by atoms with E-state index >= 15 is 0 Å². The monoisotopic (exact) mass is 159 g/mol. The fraction of sp³-hybridized carbons (Fsp3) is 0.273. The number of fused-ring (bicyclic) bond motifs is 1. The Labute approximate surface area is 72.1 Å². The van der Waals surface area contributed by atoms with Crippen LogP contribution in [0.2, 0.25) is 0 Å². The second-order valence-electron chi connectivity index (χ2n) is 3.10. The van der Waals surface area contributed by atoms with E-state index in [1.165, 1.54) is 16.1 Å². The van der Waals surface area contributed by atoms with Gasteiger partial charge in [0, 0.05) is 11.5 Å². The van der Waals surface area contributed by atoms with E-state index < -0.39 is 0 Å². The van der Waals surface area contributed by atoms with Gasteiger partial charge in [-0.3, -0.25) is 0 Å². The molecule has 0 atom stereocenters.